The topological polar surface area (TPSA) is 67.4 Å². The Balaban J connectivity index is 1.51. The number of halogens is 1. The zero-order valence-electron chi connectivity index (χ0n) is 13.9. The molecule has 0 aromatic carbocycles. The number of hydrogen-bond acceptors (Lipinski definition) is 6. The van der Waals surface area contributed by atoms with Crippen molar-refractivity contribution in [2.75, 3.05) is 18.4 Å². The molecule has 2 aromatic rings. The van der Waals surface area contributed by atoms with E-state index in [9.17, 15) is 9.18 Å². The lowest BCUT2D eigenvalue weighted by molar-refractivity contribution is -0.114. The molecule has 1 atom stereocenters. The van der Waals surface area contributed by atoms with Crippen LogP contribution in [-0.2, 0) is 28.3 Å². The van der Waals surface area contributed by atoms with Crippen molar-refractivity contribution in [3.63, 3.8) is 0 Å². The SMILES string of the molecule is CC(=O)Nc1nc(F)c(CN2CCC[C@]3(C2)OCc2cnccc23)s1. The van der Waals surface area contributed by atoms with Gasteiger partial charge in [0.05, 0.1) is 11.5 Å². The molecular formula is C17H19FN4O2S. The van der Waals surface area contributed by atoms with E-state index in [-0.39, 0.29) is 11.5 Å². The number of hydrogen-bond donors (Lipinski definition) is 1. The highest BCUT2D eigenvalue weighted by Gasteiger charge is 2.43. The van der Waals surface area contributed by atoms with Crippen LogP contribution in [0, 0.1) is 5.95 Å². The highest BCUT2D eigenvalue weighted by atomic mass is 32.1. The van der Waals surface area contributed by atoms with Crippen molar-refractivity contribution < 1.29 is 13.9 Å². The Labute approximate surface area is 149 Å². The zero-order valence-corrected chi connectivity index (χ0v) is 14.7. The fourth-order valence-corrected chi connectivity index (χ4v) is 4.63. The van der Waals surface area contributed by atoms with Gasteiger partial charge in [0.1, 0.15) is 5.60 Å². The van der Waals surface area contributed by atoms with Crippen LogP contribution in [0.25, 0.3) is 0 Å². The van der Waals surface area contributed by atoms with E-state index in [4.69, 9.17) is 4.74 Å². The summed E-state index contributed by atoms with van der Waals surface area (Å²) in [6.45, 7) is 4.04. The number of nitrogens with one attached hydrogen (secondary N) is 1. The van der Waals surface area contributed by atoms with E-state index in [1.807, 2.05) is 12.3 Å². The molecule has 1 saturated heterocycles. The van der Waals surface area contributed by atoms with E-state index in [1.54, 1.807) is 6.20 Å². The lowest BCUT2D eigenvalue weighted by Gasteiger charge is -2.40. The van der Waals surface area contributed by atoms with E-state index in [2.05, 4.69) is 20.2 Å². The number of nitrogens with zero attached hydrogens (tertiary/aromatic N) is 3. The Hall–Kier alpha value is -1.90. The van der Waals surface area contributed by atoms with Gasteiger partial charge in [0.2, 0.25) is 11.9 Å². The van der Waals surface area contributed by atoms with Crippen LogP contribution in [0.15, 0.2) is 18.5 Å². The molecule has 1 spiro atoms. The van der Waals surface area contributed by atoms with Gasteiger partial charge in [-0.05, 0) is 31.0 Å². The number of thiazole rings is 1. The standard InChI is InChI=1S/C17H19FN4O2S/c1-11(23)20-16-21-15(18)14(25-16)8-22-6-2-4-17(10-22)13-3-5-19-7-12(13)9-24-17/h3,5,7H,2,4,6,8-10H2,1H3,(H,20,21,23)/t17-/m1/s1. The molecule has 2 aliphatic heterocycles. The van der Waals surface area contributed by atoms with Crippen LogP contribution in [0.3, 0.4) is 0 Å². The Morgan fingerprint density at radius 3 is 3.28 bits per heavy atom. The molecule has 2 aromatic heterocycles. The van der Waals surface area contributed by atoms with Gasteiger partial charge in [-0.3, -0.25) is 14.7 Å². The molecule has 1 fully saturated rings. The number of carbonyl (C=O) groups is 1. The minimum Gasteiger partial charge on any atom is -0.364 e. The zero-order chi connectivity index (χ0) is 17.4. The first-order valence-electron chi connectivity index (χ1n) is 8.28. The van der Waals surface area contributed by atoms with Crippen molar-refractivity contribution in [1.82, 2.24) is 14.9 Å². The molecule has 0 radical (unpaired) electrons. The molecule has 0 unspecified atom stereocenters. The Kier molecular flexibility index (Phi) is 4.26. The first-order chi connectivity index (χ1) is 12.1. The second-order valence-electron chi connectivity index (χ2n) is 6.54. The normalized spacial score (nSPS) is 23.0. The summed E-state index contributed by atoms with van der Waals surface area (Å²) in [6, 6.07) is 2.04. The van der Waals surface area contributed by atoms with Gasteiger partial charge in [0.25, 0.3) is 0 Å². The number of carbonyl (C=O) groups excluding carboxylic acids is 1. The number of pyridine rings is 1. The third-order valence-corrected chi connectivity index (χ3v) is 5.66. The molecule has 1 N–H and O–H groups in total. The van der Waals surface area contributed by atoms with Crippen molar-refractivity contribution in [2.24, 2.45) is 0 Å². The summed E-state index contributed by atoms with van der Waals surface area (Å²) in [5.74, 6) is -0.757. The number of piperidine rings is 1. The average Bonchev–Trinajstić information content (AvgIpc) is 3.09. The summed E-state index contributed by atoms with van der Waals surface area (Å²) in [5.41, 5.74) is 2.02. The maximum absolute atomic E-state index is 14.1. The number of amides is 1. The molecule has 4 heterocycles. The van der Waals surface area contributed by atoms with Gasteiger partial charge in [-0.25, -0.2) is 0 Å². The first-order valence-corrected chi connectivity index (χ1v) is 9.10. The molecule has 6 nitrogen and oxygen atoms in total. The predicted molar refractivity (Wildman–Crippen MR) is 91.6 cm³/mol. The molecule has 2 aliphatic rings. The number of fused-ring (bicyclic) bond motifs is 2. The van der Waals surface area contributed by atoms with Gasteiger partial charge in [0.15, 0.2) is 5.13 Å². The van der Waals surface area contributed by atoms with Crippen LogP contribution in [0.1, 0.15) is 35.8 Å². The number of ether oxygens (including phenoxy) is 1. The van der Waals surface area contributed by atoms with Gasteiger partial charge >= 0.3 is 0 Å². The van der Waals surface area contributed by atoms with Crippen LogP contribution in [-0.4, -0.2) is 33.9 Å². The summed E-state index contributed by atoms with van der Waals surface area (Å²) in [7, 11) is 0. The fraction of sp³-hybridized carbons (Fsp3) is 0.471. The Bertz CT molecular complexity index is 808. The number of anilines is 1. The van der Waals surface area contributed by atoms with Crippen LogP contribution < -0.4 is 5.32 Å². The Morgan fingerprint density at radius 2 is 2.44 bits per heavy atom. The van der Waals surface area contributed by atoms with E-state index < -0.39 is 5.95 Å². The summed E-state index contributed by atoms with van der Waals surface area (Å²) in [6.07, 6.45) is 5.62. The number of likely N-dealkylation sites (tertiary alicyclic amines) is 1. The minimum atomic E-state index is -0.509. The summed E-state index contributed by atoms with van der Waals surface area (Å²) in [4.78, 5) is 21.8. The third-order valence-electron chi connectivity index (χ3n) is 4.73. The van der Waals surface area contributed by atoms with Crippen molar-refractivity contribution in [1.29, 1.82) is 0 Å². The maximum atomic E-state index is 14.1. The maximum Gasteiger partial charge on any atom is 0.230 e. The molecule has 4 rings (SSSR count). The minimum absolute atomic E-state index is 0.248. The van der Waals surface area contributed by atoms with E-state index in [0.717, 1.165) is 31.5 Å². The molecule has 25 heavy (non-hydrogen) atoms. The second-order valence-corrected chi connectivity index (χ2v) is 7.63. The highest BCUT2D eigenvalue weighted by Crippen LogP contribution is 2.43. The second kappa shape index (κ2) is 6.44. The van der Waals surface area contributed by atoms with Gasteiger partial charge < -0.3 is 10.1 Å². The van der Waals surface area contributed by atoms with Crippen LogP contribution >= 0.6 is 11.3 Å². The Morgan fingerprint density at radius 1 is 1.56 bits per heavy atom. The van der Waals surface area contributed by atoms with Crippen molar-refractivity contribution in [3.05, 3.63) is 40.4 Å². The summed E-state index contributed by atoms with van der Waals surface area (Å²) < 4.78 is 20.3. The molecule has 0 saturated carbocycles. The van der Waals surface area contributed by atoms with Gasteiger partial charge in [0, 0.05) is 38.0 Å². The molecule has 132 valence electrons. The first kappa shape index (κ1) is 16.6. The molecular weight excluding hydrogens is 343 g/mol. The van der Waals surface area contributed by atoms with Crippen LogP contribution in [0.2, 0.25) is 0 Å². The lowest BCUT2D eigenvalue weighted by Crippen LogP contribution is -2.45. The highest BCUT2D eigenvalue weighted by molar-refractivity contribution is 7.15. The monoisotopic (exact) mass is 362 g/mol. The predicted octanol–water partition coefficient (Wildman–Crippen LogP) is 2.66. The molecule has 0 bridgehead atoms. The van der Waals surface area contributed by atoms with Crippen molar-refractivity contribution in [3.8, 4) is 0 Å². The molecule has 1 amide bonds. The largest absolute Gasteiger partial charge is 0.364 e. The number of rotatable bonds is 3. The lowest BCUT2D eigenvalue weighted by atomic mass is 9.85. The van der Waals surface area contributed by atoms with Crippen LogP contribution in [0.5, 0.6) is 0 Å². The summed E-state index contributed by atoms with van der Waals surface area (Å²) in [5, 5.41) is 2.85. The molecule has 8 heteroatoms. The van der Waals surface area contributed by atoms with Crippen molar-refractivity contribution >= 4 is 22.4 Å². The van der Waals surface area contributed by atoms with Gasteiger partial charge in [-0.2, -0.15) is 9.37 Å². The van der Waals surface area contributed by atoms with Gasteiger partial charge in [-0.1, -0.05) is 11.3 Å². The average molecular weight is 362 g/mol. The smallest absolute Gasteiger partial charge is 0.230 e. The van der Waals surface area contributed by atoms with E-state index >= 15 is 0 Å². The summed E-state index contributed by atoms with van der Waals surface area (Å²) >= 11 is 1.19. The quantitative estimate of drug-likeness (QED) is 0.909. The van der Waals surface area contributed by atoms with Crippen LogP contribution in [0.4, 0.5) is 9.52 Å². The van der Waals surface area contributed by atoms with E-state index in [1.165, 1.54) is 23.8 Å². The molecule has 0 aliphatic carbocycles. The fourth-order valence-electron chi connectivity index (χ4n) is 3.70. The van der Waals surface area contributed by atoms with E-state index in [0.29, 0.717) is 23.2 Å². The number of aromatic nitrogens is 2. The van der Waals surface area contributed by atoms with Gasteiger partial charge in [-0.15, -0.1) is 0 Å². The third kappa shape index (κ3) is 3.17. The van der Waals surface area contributed by atoms with Crippen molar-refractivity contribution in [2.45, 2.75) is 38.5 Å².